The van der Waals surface area contributed by atoms with Crippen LogP contribution in [0.5, 0.6) is 0 Å². The highest BCUT2D eigenvalue weighted by Gasteiger charge is 2.14. The van der Waals surface area contributed by atoms with Crippen LogP contribution in [0.3, 0.4) is 0 Å². The van der Waals surface area contributed by atoms with Gasteiger partial charge in [-0.2, -0.15) is 0 Å². The van der Waals surface area contributed by atoms with Gasteiger partial charge in [-0.25, -0.2) is 9.37 Å². The van der Waals surface area contributed by atoms with E-state index < -0.39 is 11.7 Å². The summed E-state index contributed by atoms with van der Waals surface area (Å²) in [7, 11) is 0. The monoisotopic (exact) mass is 415 g/mol. The van der Waals surface area contributed by atoms with Crippen molar-refractivity contribution in [1.29, 1.82) is 0 Å². The molecule has 26 heavy (non-hydrogen) atoms. The van der Waals surface area contributed by atoms with E-state index in [1.54, 1.807) is 13.0 Å². The summed E-state index contributed by atoms with van der Waals surface area (Å²) >= 11 is 3.16. The van der Waals surface area contributed by atoms with Gasteiger partial charge in [-0.3, -0.25) is 14.2 Å². The summed E-state index contributed by atoms with van der Waals surface area (Å²) in [6, 6.07) is 14.8. The van der Waals surface area contributed by atoms with E-state index in [4.69, 9.17) is 0 Å². The summed E-state index contributed by atoms with van der Waals surface area (Å²) < 4.78 is 15.7. The molecule has 0 saturated heterocycles. The second-order valence-electron chi connectivity index (χ2n) is 5.68. The zero-order chi connectivity index (χ0) is 18.7. The van der Waals surface area contributed by atoms with Gasteiger partial charge in [0, 0.05) is 21.8 Å². The number of hydrogen-bond acceptors (Lipinski definition) is 3. The first-order valence-corrected chi connectivity index (χ1v) is 8.62. The highest BCUT2D eigenvalue weighted by atomic mass is 79.9. The first kappa shape index (κ1) is 18.0. The molecule has 0 aliphatic rings. The van der Waals surface area contributed by atoms with Gasteiger partial charge in [0.15, 0.2) is 0 Å². The number of hydrogen-bond donors (Lipinski definition) is 1. The van der Waals surface area contributed by atoms with E-state index in [1.165, 1.54) is 22.8 Å². The molecule has 0 spiro atoms. The van der Waals surface area contributed by atoms with Gasteiger partial charge < -0.3 is 5.32 Å². The minimum Gasteiger partial charge on any atom is -0.322 e. The van der Waals surface area contributed by atoms with E-state index in [0.29, 0.717) is 16.0 Å². The number of carbonyl (C=O) groups is 1. The minimum absolute atomic E-state index is 0.0487. The van der Waals surface area contributed by atoms with Crippen molar-refractivity contribution in [3.05, 3.63) is 80.9 Å². The number of rotatable bonds is 4. The first-order chi connectivity index (χ1) is 12.4. The summed E-state index contributed by atoms with van der Waals surface area (Å²) in [6.45, 7) is 1.45. The molecule has 7 heteroatoms. The fourth-order valence-corrected chi connectivity index (χ4v) is 2.84. The lowest BCUT2D eigenvalue weighted by Crippen LogP contribution is -2.29. The van der Waals surface area contributed by atoms with Crippen molar-refractivity contribution >= 4 is 27.5 Å². The molecule has 0 aliphatic heterocycles. The molecule has 1 N–H and O–H groups in total. The summed E-state index contributed by atoms with van der Waals surface area (Å²) in [5.74, 6) is -0.691. The molecule has 1 aromatic heterocycles. The number of aromatic nitrogens is 2. The van der Waals surface area contributed by atoms with Crippen molar-refractivity contribution in [3.63, 3.8) is 0 Å². The Bertz CT molecular complexity index is 1020. The first-order valence-electron chi connectivity index (χ1n) is 7.83. The van der Waals surface area contributed by atoms with Crippen LogP contribution in [0.25, 0.3) is 11.4 Å². The maximum absolute atomic E-state index is 13.9. The number of halogens is 2. The van der Waals surface area contributed by atoms with Gasteiger partial charge in [0.25, 0.3) is 5.56 Å². The van der Waals surface area contributed by atoms with Crippen LogP contribution in [0, 0.1) is 12.7 Å². The van der Waals surface area contributed by atoms with E-state index >= 15 is 0 Å². The smallest absolute Gasteiger partial charge is 0.254 e. The van der Waals surface area contributed by atoms with Crippen LogP contribution in [0.15, 0.2) is 63.9 Å². The van der Waals surface area contributed by atoms with Gasteiger partial charge in [-0.05, 0) is 25.1 Å². The lowest BCUT2D eigenvalue weighted by Gasteiger charge is -2.13. The second kappa shape index (κ2) is 7.61. The molecule has 0 bridgehead atoms. The zero-order valence-corrected chi connectivity index (χ0v) is 15.5. The third-order valence-electron chi connectivity index (χ3n) is 3.68. The van der Waals surface area contributed by atoms with Gasteiger partial charge in [0.2, 0.25) is 5.91 Å². The third-order valence-corrected chi connectivity index (χ3v) is 4.17. The number of amides is 1. The Morgan fingerprint density at radius 1 is 1.19 bits per heavy atom. The maximum atomic E-state index is 13.9. The van der Waals surface area contributed by atoms with Crippen LogP contribution in [0.4, 0.5) is 10.1 Å². The van der Waals surface area contributed by atoms with Crippen molar-refractivity contribution in [2.75, 3.05) is 5.32 Å². The average Bonchev–Trinajstić information content (AvgIpc) is 2.60. The fraction of sp³-hybridized carbons (Fsp3) is 0.105. The summed E-state index contributed by atoms with van der Waals surface area (Å²) in [5.41, 5.74) is 0.982. The van der Waals surface area contributed by atoms with Crippen molar-refractivity contribution in [2.45, 2.75) is 13.5 Å². The van der Waals surface area contributed by atoms with Crippen LogP contribution in [0.1, 0.15) is 5.69 Å². The molecule has 1 amide bonds. The predicted molar refractivity (Wildman–Crippen MR) is 101 cm³/mol. The largest absolute Gasteiger partial charge is 0.322 e. The summed E-state index contributed by atoms with van der Waals surface area (Å²) in [6.07, 6.45) is 0. The molecular formula is C19H15BrFN3O2. The number of benzene rings is 2. The Balaban J connectivity index is 1.92. The van der Waals surface area contributed by atoms with Crippen LogP contribution in [-0.4, -0.2) is 15.5 Å². The van der Waals surface area contributed by atoms with Crippen LogP contribution >= 0.6 is 15.9 Å². The van der Waals surface area contributed by atoms with E-state index in [1.807, 2.05) is 30.3 Å². The molecule has 132 valence electrons. The number of carbonyl (C=O) groups excluding carboxylic acids is 1. The van der Waals surface area contributed by atoms with Crippen molar-refractivity contribution < 1.29 is 9.18 Å². The minimum atomic E-state index is -0.564. The molecule has 0 fully saturated rings. The lowest BCUT2D eigenvalue weighted by molar-refractivity contribution is -0.116. The van der Waals surface area contributed by atoms with Crippen molar-refractivity contribution in [1.82, 2.24) is 9.55 Å². The van der Waals surface area contributed by atoms with Gasteiger partial charge in [0.1, 0.15) is 18.2 Å². The Kier molecular flexibility index (Phi) is 5.27. The molecule has 5 nitrogen and oxygen atoms in total. The molecular weight excluding hydrogens is 401 g/mol. The van der Waals surface area contributed by atoms with Gasteiger partial charge in [-0.1, -0.05) is 46.3 Å². The standard InChI is InChI=1S/C19H15BrFN3O2/c1-12-9-18(26)24(19(22-12)13-5-3-2-4-6-13)11-17(25)23-16-8-7-14(20)10-15(16)21/h2-10H,11H2,1H3,(H,23,25). The molecule has 0 saturated carbocycles. The Morgan fingerprint density at radius 2 is 1.92 bits per heavy atom. The Labute approximate surface area is 157 Å². The fourth-order valence-electron chi connectivity index (χ4n) is 2.51. The lowest BCUT2D eigenvalue weighted by atomic mass is 10.2. The average molecular weight is 416 g/mol. The molecule has 0 aliphatic carbocycles. The van der Waals surface area contributed by atoms with Crippen LogP contribution in [0.2, 0.25) is 0 Å². The van der Waals surface area contributed by atoms with E-state index in [-0.39, 0.29) is 17.8 Å². The maximum Gasteiger partial charge on any atom is 0.254 e. The topological polar surface area (TPSA) is 64.0 Å². The number of nitrogens with one attached hydrogen (secondary N) is 1. The second-order valence-corrected chi connectivity index (χ2v) is 6.60. The predicted octanol–water partition coefficient (Wildman–Crippen LogP) is 3.76. The van der Waals surface area contributed by atoms with Crippen LogP contribution < -0.4 is 10.9 Å². The molecule has 0 atom stereocenters. The Morgan fingerprint density at radius 3 is 2.62 bits per heavy atom. The third kappa shape index (κ3) is 4.05. The molecule has 2 aromatic carbocycles. The molecule has 3 rings (SSSR count). The number of aryl methyl sites for hydroxylation is 1. The summed E-state index contributed by atoms with van der Waals surface area (Å²) in [4.78, 5) is 29.2. The van der Waals surface area contributed by atoms with Crippen molar-refractivity contribution in [2.24, 2.45) is 0 Å². The van der Waals surface area contributed by atoms with E-state index in [0.717, 1.165) is 5.56 Å². The quantitative estimate of drug-likeness (QED) is 0.705. The highest BCUT2D eigenvalue weighted by molar-refractivity contribution is 9.10. The molecule has 3 aromatic rings. The molecule has 0 unspecified atom stereocenters. The summed E-state index contributed by atoms with van der Waals surface area (Å²) in [5, 5.41) is 2.48. The number of anilines is 1. The normalized spacial score (nSPS) is 10.6. The zero-order valence-electron chi connectivity index (χ0n) is 13.9. The van der Waals surface area contributed by atoms with Crippen LogP contribution in [-0.2, 0) is 11.3 Å². The highest BCUT2D eigenvalue weighted by Crippen LogP contribution is 2.20. The van der Waals surface area contributed by atoms with Gasteiger partial charge >= 0.3 is 0 Å². The van der Waals surface area contributed by atoms with E-state index in [2.05, 4.69) is 26.2 Å². The van der Waals surface area contributed by atoms with Gasteiger partial charge in [-0.15, -0.1) is 0 Å². The molecule has 1 heterocycles. The molecule has 0 radical (unpaired) electrons. The Hall–Kier alpha value is -2.80. The number of nitrogens with zero attached hydrogens (tertiary/aromatic N) is 2. The van der Waals surface area contributed by atoms with E-state index in [9.17, 15) is 14.0 Å². The SMILES string of the molecule is Cc1cc(=O)n(CC(=O)Nc2ccc(Br)cc2F)c(-c2ccccc2)n1. The van der Waals surface area contributed by atoms with Gasteiger partial charge in [0.05, 0.1) is 5.69 Å². The van der Waals surface area contributed by atoms with Crippen molar-refractivity contribution in [3.8, 4) is 11.4 Å².